The van der Waals surface area contributed by atoms with Crippen molar-refractivity contribution < 1.29 is 24.5 Å². The Kier molecular flexibility index (Phi) is 3.55. The van der Waals surface area contributed by atoms with Gasteiger partial charge in [0.1, 0.15) is 11.9 Å². The first-order valence-electron chi connectivity index (χ1n) is 4.26. The topological polar surface area (TPSA) is 102 Å². The predicted molar refractivity (Wildman–Crippen MR) is 49.9 cm³/mol. The Morgan fingerprint density at radius 3 is 2.50 bits per heavy atom. The van der Waals surface area contributed by atoms with Crippen LogP contribution in [-0.2, 0) is 0 Å². The molecule has 1 aromatic carbocycles. The molecular weight excluding hydrogens is 217 g/mol. The van der Waals surface area contributed by atoms with Gasteiger partial charge in [-0.05, 0) is 17.7 Å². The van der Waals surface area contributed by atoms with Gasteiger partial charge < -0.3 is 15.3 Å². The Morgan fingerprint density at radius 2 is 2.06 bits per heavy atom. The molecule has 0 radical (unpaired) electrons. The number of carbonyl (C=O) groups is 1. The smallest absolute Gasteiger partial charge is 0.338 e. The van der Waals surface area contributed by atoms with Gasteiger partial charge in [0.05, 0.1) is 11.6 Å². The van der Waals surface area contributed by atoms with E-state index in [0.29, 0.717) is 0 Å². The van der Waals surface area contributed by atoms with E-state index in [0.717, 1.165) is 18.2 Å². The van der Waals surface area contributed by atoms with Crippen molar-refractivity contribution in [1.82, 2.24) is 0 Å². The maximum atomic E-state index is 13.2. The molecule has 0 saturated carbocycles. The zero-order valence-electron chi connectivity index (χ0n) is 7.96. The van der Waals surface area contributed by atoms with E-state index in [4.69, 9.17) is 15.5 Å². The molecule has 0 heterocycles. The number of nitriles is 1. The van der Waals surface area contributed by atoms with Crippen molar-refractivity contribution in [2.24, 2.45) is 0 Å². The standard InChI is InChI=1S/C10H8FNO4/c11-7-3-5(9(14)8(13)4-12)1-2-6(7)10(15)16/h1-3,8-9,13-14H,(H,15,16). The fourth-order valence-electron chi connectivity index (χ4n) is 1.14. The first kappa shape index (κ1) is 12.1. The lowest BCUT2D eigenvalue weighted by Crippen LogP contribution is -2.16. The number of rotatable bonds is 3. The summed E-state index contributed by atoms with van der Waals surface area (Å²) in [5.74, 6) is -2.46. The highest BCUT2D eigenvalue weighted by molar-refractivity contribution is 5.87. The van der Waals surface area contributed by atoms with Crippen LogP contribution in [0.2, 0.25) is 0 Å². The van der Waals surface area contributed by atoms with Crippen LogP contribution in [-0.4, -0.2) is 27.4 Å². The minimum absolute atomic E-state index is 0.0587. The summed E-state index contributed by atoms with van der Waals surface area (Å²) in [4.78, 5) is 10.5. The van der Waals surface area contributed by atoms with Crippen LogP contribution >= 0.6 is 0 Å². The van der Waals surface area contributed by atoms with Gasteiger partial charge in [0.15, 0.2) is 6.10 Å². The van der Waals surface area contributed by atoms with Crippen LogP contribution in [0, 0.1) is 17.1 Å². The lowest BCUT2D eigenvalue weighted by molar-refractivity contribution is 0.0525. The number of nitrogens with zero attached hydrogens (tertiary/aromatic N) is 1. The maximum Gasteiger partial charge on any atom is 0.338 e. The fourth-order valence-corrected chi connectivity index (χ4v) is 1.14. The average molecular weight is 225 g/mol. The summed E-state index contributed by atoms with van der Waals surface area (Å²) >= 11 is 0. The molecule has 16 heavy (non-hydrogen) atoms. The molecule has 5 nitrogen and oxygen atoms in total. The molecule has 2 unspecified atom stereocenters. The molecule has 6 heteroatoms. The summed E-state index contributed by atoms with van der Waals surface area (Å²) in [5.41, 5.74) is -0.598. The molecule has 0 spiro atoms. The molecule has 0 amide bonds. The normalized spacial score (nSPS) is 13.9. The predicted octanol–water partition coefficient (Wildman–Crippen LogP) is 0.442. The van der Waals surface area contributed by atoms with Crippen LogP contribution in [0.4, 0.5) is 4.39 Å². The third-order valence-electron chi connectivity index (χ3n) is 2.00. The summed E-state index contributed by atoms with van der Waals surface area (Å²) in [6.07, 6.45) is -3.25. The van der Waals surface area contributed by atoms with Crippen molar-refractivity contribution in [1.29, 1.82) is 5.26 Å². The van der Waals surface area contributed by atoms with Crippen molar-refractivity contribution in [3.05, 3.63) is 35.1 Å². The number of aliphatic hydroxyl groups excluding tert-OH is 2. The van der Waals surface area contributed by atoms with Gasteiger partial charge in [-0.15, -0.1) is 0 Å². The highest BCUT2D eigenvalue weighted by Crippen LogP contribution is 2.19. The second-order valence-corrected chi connectivity index (χ2v) is 3.06. The number of hydrogen-bond acceptors (Lipinski definition) is 4. The van der Waals surface area contributed by atoms with Crippen LogP contribution in [0.5, 0.6) is 0 Å². The van der Waals surface area contributed by atoms with Crippen LogP contribution in [0.1, 0.15) is 22.0 Å². The van der Waals surface area contributed by atoms with E-state index < -0.39 is 29.6 Å². The summed E-state index contributed by atoms with van der Waals surface area (Å²) in [6, 6.07) is 4.25. The van der Waals surface area contributed by atoms with Crippen LogP contribution in [0.25, 0.3) is 0 Å². The molecule has 1 aromatic rings. The fraction of sp³-hybridized carbons (Fsp3) is 0.200. The molecular formula is C10H8FNO4. The highest BCUT2D eigenvalue weighted by atomic mass is 19.1. The third-order valence-corrected chi connectivity index (χ3v) is 2.00. The molecule has 3 N–H and O–H groups in total. The third kappa shape index (κ3) is 2.34. The Balaban J connectivity index is 3.07. The molecule has 2 atom stereocenters. The van der Waals surface area contributed by atoms with E-state index >= 15 is 0 Å². The molecule has 84 valence electrons. The summed E-state index contributed by atoms with van der Waals surface area (Å²) < 4.78 is 13.2. The SMILES string of the molecule is N#CC(O)C(O)c1ccc(C(=O)O)c(F)c1. The van der Waals surface area contributed by atoms with E-state index in [1.165, 1.54) is 6.07 Å². The zero-order chi connectivity index (χ0) is 12.3. The van der Waals surface area contributed by atoms with Gasteiger partial charge in [0.2, 0.25) is 0 Å². The van der Waals surface area contributed by atoms with E-state index in [-0.39, 0.29) is 5.56 Å². The van der Waals surface area contributed by atoms with Gasteiger partial charge in [-0.1, -0.05) is 6.07 Å². The Hall–Kier alpha value is -1.97. The summed E-state index contributed by atoms with van der Waals surface area (Å²) in [6.45, 7) is 0. The summed E-state index contributed by atoms with van der Waals surface area (Å²) in [5, 5.41) is 35.2. The van der Waals surface area contributed by atoms with Crippen LogP contribution in [0.15, 0.2) is 18.2 Å². The number of hydrogen-bond donors (Lipinski definition) is 3. The maximum absolute atomic E-state index is 13.2. The molecule has 0 aliphatic rings. The van der Waals surface area contributed by atoms with E-state index in [9.17, 15) is 14.3 Å². The van der Waals surface area contributed by atoms with Gasteiger partial charge in [-0.2, -0.15) is 5.26 Å². The largest absolute Gasteiger partial charge is 0.478 e. The average Bonchev–Trinajstić information content (AvgIpc) is 2.26. The number of carboxylic acid groups (broad SMARTS) is 1. The monoisotopic (exact) mass is 225 g/mol. The van der Waals surface area contributed by atoms with Gasteiger partial charge >= 0.3 is 5.97 Å². The number of carboxylic acids is 1. The van der Waals surface area contributed by atoms with Crippen molar-refractivity contribution in [2.75, 3.05) is 0 Å². The van der Waals surface area contributed by atoms with Crippen molar-refractivity contribution in [2.45, 2.75) is 12.2 Å². The Morgan fingerprint density at radius 1 is 1.44 bits per heavy atom. The van der Waals surface area contributed by atoms with Crippen LogP contribution in [0.3, 0.4) is 0 Å². The Labute approximate surface area is 90.0 Å². The van der Waals surface area contributed by atoms with E-state index in [2.05, 4.69) is 0 Å². The minimum atomic E-state index is -1.69. The molecule has 0 aliphatic carbocycles. The highest BCUT2D eigenvalue weighted by Gasteiger charge is 2.20. The molecule has 0 fully saturated rings. The van der Waals surface area contributed by atoms with Gasteiger partial charge in [0.25, 0.3) is 0 Å². The molecule has 0 bridgehead atoms. The lowest BCUT2D eigenvalue weighted by Gasteiger charge is -2.12. The van der Waals surface area contributed by atoms with Gasteiger partial charge in [-0.25, -0.2) is 9.18 Å². The molecule has 1 rings (SSSR count). The van der Waals surface area contributed by atoms with Crippen molar-refractivity contribution in [3.63, 3.8) is 0 Å². The first-order valence-corrected chi connectivity index (χ1v) is 4.26. The van der Waals surface area contributed by atoms with Gasteiger partial charge in [-0.3, -0.25) is 0 Å². The first-order chi connectivity index (χ1) is 7.47. The number of aromatic carboxylic acids is 1. The quantitative estimate of drug-likeness (QED) is 0.648. The van der Waals surface area contributed by atoms with Crippen molar-refractivity contribution in [3.8, 4) is 6.07 Å². The molecule has 0 aliphatic heterocycles. The van der Waals surface area contributed by atoms with Gasteiger partial charge in [0, 0.05) is 0 Å². The van der Waals surface area contributed by atoms with E-state index in [1.807, 2.05) is 0 Å². The number of aliphatic hydroxyl groups is 2. The minimum Gasteiger partial charge on any atom is -0.478 e. The second kappa shape index (κ2) is 4.70. The second-order valence-electron chi connectivity index (χ2n) is 3.06. The van der Waals surface area contributed by atoms with Crippen molar-refractivity contribution >= 4 is 5.97 Å². The van der Waals surface area contributed by atoms with Crippen LogP contribution < -0.4 is 0 Å². The lowest BCUT2D eigenvalue weighted by atomic mass is 10.0. The summed E-state index contributed by atoms with van der Waals surface area (Å²) in [7, 11) is 0. The number of benzene rings is 1. The Bertz CT molecular complexity index is 455. The van der Waals surface area contributed by atoms with E-state index in [1.54, 1.807) is 0 Å². The number of halogens is 1. The molecule has 0 aromatic heterocycles. The molecule has 0 saturated heterocycles. The zero-order valence-corrected chi connectivity index (χ0v) is 7.96.